The number of hydrogen-bond donors (Lipinski definition) is 2. The fourth-order valence-corrected chi connectivity index (χ4v) is 3.15. The molecule has 1 aromatic carbocycles. The Labute approximate surface area is 178 Å². The molecule has 0 fully saturated rings. The lowest BCUT2D eigenvalue weighted by Crippen LogP contribution is -2.41. The number of aromatic nitrogens is 3. The van der Waals surface area contributed by atoms with E-state index in [2.05, 4.69) is 41.6 Å². The Morgan fingerprint density at radius 3 is 3.00 bits per heavy atom. The molecule has 6 nitrogen and oxygen atoms in total. The van der Waals surface area contributed by atoms with Gasteiger partial charge in [0.25, 0.3) is 0 Å². The van der Waals surface area contributed by atoms with Crippen molar-refractivity contribution in [1.29, 1.82) is 0 Å². The quantitative estimate of drug-likeness (QED) is 0.355. The van der Waals surface area contributed by atoms with Crippen LogP contribution >= 0.6 is 39.9 Å². The maximum absolute atomic E-state index is 13.6. The lowest BCUT2D eigenvalue weighted by molar-refractivity contribution is 0.397. The van der Waals surface area contributed by atoms with Crippen LogP contribution in [-0.4, -0.2) is 27.3 Å². The van der Waals surface area contributed by atoms with Crippen molar-refractivity contribution in [2.75, 3.05) is 6.54 Å². The van der Waals surface area contributed by atoms with E-state index in [4.69, 9.17) is 0 Å². The normalized spacial score (nSPS) is 16.6. The molecule has 1 aliphatic heterocycles. The van der Waals surface area contributed by atoms with Gasteiger partial charge in [0.2, 0.25) is 0 Å². The molecule has 0 bridgehead atoms. The number of halogens is 3. The summed E-state index contributed by atoms with van der Waals surface area (Å²) in [5.74, 6) is 2.16. The van der Waals surface area contributed by atoms with Gasteiger partial charge in [0.15, 0.2) is 5.96 Å². The predicted molar refractivity (Wildman–Crippen MR) is 114 cm³/mol. The molecule has 2 heterocycles. The summed E-state index contributed by atoms with van der Waals surface area (Å²) >= 11 is 3.17. The van der Waals surface area contributed by atoms with E-state index >= 15 is 0 Å². The Bertz CT molecular complexity index is 779. The van der Waals surface area contributed by atoms with E-state index in [1.807, 2.05) is 24.6 Å². The smallest absolute Gasteiger partial charge is 0.192 e. The van der Waals surface area contributed by atoms with Crippen molar-refractivity contribution in [3.8, 4) is 0 Å². The van der Waals surface area contributed by atoms with Gasteiger partial charge in [0.1, 0.15) is 17.5 Å². The Hall–Kier alpha value is -1.23. The molecule has 26 heavy (non-hydrogen) atoms. The first-order chi connectivity index (χ1) is 12.1. The molecule has 2 N–H and O–H groups in total. The van der Waals surface area contributed by atoms with Crippen LogP contribution in [0.25, 0.3) is 0 Å². The Kier molecular flexibility index (Phi) is 7.81. The second kappa shape index (κ2) is 9.63. The van der Waals surface area contributed by atoms with E-state index in [0.29, 0.717) is 17.0 Å². The third kappa shape index (κ3) is 5.15. The fraction of sp³-hybridized carbons (Fsp3) is 0.471. The van der Waals surface area contributed by atoms with Crippen molar-refractivity contribution < 1.29 is 4.39 Å². The zero-order valence-electron chi connectivity index (χ0n) is 14.8. The summed E-state index contributed by atoms with van der Waals surface area (Å²) in [7, 11) is 0. The van der Waals surface area contributed by atoms with Gasteiger partial charge in [-0.15, -0.1) is 24.0 Å². The first-order valence-corrected chi connectivity index (χ1v) is 9.26. The van der Waals surface area contributed by atoms with Crippen LogP contribution in [0.3, 0.4) is 0 Å². The summed E-state index contributed by atoms with van der Waals surface area (Å²) in [4.78, 5) is 9.12. The monoisotopic (exact) mass is 536 g/mol. The fourth-order valence-electron chi connectivity index (χ4n) is 2.90. The highest BCUT2D eigenvalue weighted by Crippen LogP contribution is 2.23. The topological polar surface area (TPSA) is 67.1 Å². The van der Waals surface area contributed by atoms with Gasteiger partial charge in [0.05, 0.1) is 17.1 Å². The number of rotatable bonds is 4. The number of guanidine groups is 1. The minimum atomic E-state index is -0.276. The maximum atomic E-state index is 13.6. The molecular formula is C17H23BrFIN6. The van der Waals surface area contributed by atoms with Crippen LogP contribution in [0.15, 0.2) is 27.7 Å². The Balaban J connectivity index is 0.00000243. The lowest BCUT2D eigenvalue weighted by Gasteiger charge is -2.25. The van der Waals surface area contributed by atoms with E-state index in [1.54, 1.807) is 6.07 Å². The summed E-state index contributed by atoms with van der Waals surface area (Å²) in [6.07, 6.45) is 2.03. The zero-order chi connectivity index (χ0) is 17.8. The number of hydrogen-bond acceptors (Lipinski definition) is 3. The van der Waals surface area contributed by atoms with Crippen molar-refractivity contribution in [2.24, 2.45) is 4.99 Å². The van der Waals surface area contributed by atoms with Crippen LogP contribution in [-0.2, 0) is 13.1 Å². The highest BCUT2D eigenvalue weighted by molar-refractivity contribution is 14.0. The number of nitrogens with zero attached hydrogens (tertiary/aromatic N) is 4. The highest BCUT2D eigenvalue weighted by atomic mass is 127. The molecule has 3 rings (SSSR count). The van der Waals surface area contributed by atoms with Crippen LogP contribution in [0.5, 0.6) is 0 Å². The third-order valence-electron chi connectivity index (χ3n) is 4.04. The van der Waals surface area contributed by atoms with E-state index in [-0.39, 0.29) is 35.8 Å². The first kappa shape index (κ1) is 21.1. The highest BCUT2D eigenvalue weighted by Gasteiger charge is 2.24. The molecule has 142 valence electrons. The van der Waals surface area contributed by atoms with Crippen molar-refractivity contribution in [1.82, 2.24) is 25.4 Å². The Morgan fingerprint density at radius 2 is 2.27 bits per heavy atom. The second-order valence-electron chi connectivity index (χ2n) is 6.02. The van der Waals surface area contributed by atoms with Gasteiger partial charge in [0, 0.05) is 13.1 Å². The molecule has 0 aliphatic carbocycles. The van der Waals surface area contributed by atoms with Crippen molar-refractivity contribution in [3.63, 3.8) is 0 Å². The number of benzene rings is 1. The molecule has 1 aliphatic rings. The van der Waals surface area contributed by atoms with Crippen LogP contribution in [0, 0.1) is 12.7 Å². The average molecular weight is 537 g/mol. The van der Waals surface area contributed by atoms with Gasteiger partial charge in [-0.25, -0.2) is 19.0 Å². The molecule has 1 unspecified atom stereocenters. The van der Waals surface area contributed by atoms with E-state index in [1.165, 1.54) is 6.07 Å². The van der Waals surface area contributed by atoms with Crippen LogP contribution in [0.1, 0.15) is 43.0 Å². The summed E-state index contributed by atoms with van der Waals surface area (Å²) in [6.45, 7) is 5.98. The first-order valence-electron chi connectivity index (χ1n) is 8.47. The average Bonchev–Trinajstić information content (AvgIpc) is 2.97. The van der Waals surface area contributed by atoms with Gasteiger partial charge in [-0.05, 0) is 60.3 Å². The van der Waals surface area contributed by atoms with Crippen LogP contribution < -0.4 is 10.6 Å². The van der Waals surface area contributed by atoms with E-state index in [9.17, 15) is 4.39 Å². The van der Waals surface area contributed by atoms with Crippen molar-refractivity contribution in [3.05, 3.63) is 45.7 Å². The zero-order valence-corrected chi connectivity index (χ0v) is 18.7. The molecule has 0 saturated carbocycles. The lowest BCUT2D eigenvalue weighted by atomic mass is 10.1. The summed E-state index contributed by atoms with van der Waals surface area (Å²) < 4.78 is 16.1. The van der Waals surface area contributed by atoms with Gasteiger partial charge >= 0.3 is 0 Å². The summed E-state index contributed by atoms with van der Waals surface area (Å²) in [5.41, 5.74) is 0.820. The molecule has 0 radical (unpaired) electrons. The number of aryl methyl sites for hydroxylation is 2. The van der Waals surface area contributed by atoms with Crippen molar-refractivity contribution in [2.45, 2.75) is 45.8 Å². The molecule has 1 atom stereocenters. The molecule has 2 aromatic rings. The third-order valence-corrected chi connectivity index (χ3v) is 4.68. The van der Waals surface area contributed by atoms with E-state index < -0.39 is 0 Å². The summed E-state index contributed by atoms with van der Waals surface area (Å²) in [6, 6.07) is 5.14. The molecule has 1 aromatic heterocycles. The minimum absolute atomic E-state index is 0. The SMILES string of the molecule is CCNC(=NCc1ccc(Br)c(F)c1)NC1CCCn2nc(C)nc21.I. The van der Waals surface area contributed by atoms with Crippen LogP contribution in [0.2, 0.25) is 0 Å². The largest absolute Gasteiger partial charge is 0.357 e. The standard InChI is InChI=1S/C17H22BrFN6.HI/c1-3-20-17(21-10-12-6-7-13(18)14(19)9-12)23-15-5-4-8-25-16(15)22-11(2)24-25;/h6-7,9,15H,3-5,8,10H2,1-2H3,(H2,20,21,23);1H. The molecular weight excluding hydrogens is 514 g/mol. The predicted octanol–water partition coefficient (Wildman–Crippen LogP) is 3.70. The molecule has 9 heteroatoms. The number of fused-ring (bicyclic) bond motifs is 1. The van der Waals surface area contributed by atoms with Gasteiger partial charge in [-0.1, -0.05) is 6.07 Å². The second-order valence-corrected chi connectivity index (χ2v) is 6.88. The van der Waals surface area contributed by atoms with E-state index in [0.717, 1.165) is 43.1 Å². The molecule has 0 spiro atoms. The van der Waals surface area contributed by atoms with Gasteiger partial charge < -0.3 is 10.6 Å². The van der Waals surface area contributed by atoms with Crippen molar-refractivity contribution >= 4 is 45.9 Å². The Morgan fingerprint density at radius 1 is 1.46 bits per heavy atom. The minimum Gasteiger partial charge on any atom is -0.357 e. The molecule has 0 amide bonds. The summed E-state index contributed by atoms with van der Waals surface area (Å²) in [5, 5.41) is 11.1. The van der Waals surface area contributed by atoms with Gasteiger partial charge in [-0.2, -0.15) is 5.10 Å². The number of nitrogens with one attached hydrogen (secondary N) is 2. The molecule has 0 saturated heterocycles. The van der Waals surface area contributed by atoms with Gasteiger partial charge in [-0.3, -0.25) is 0 Å². The number of aliphatic imine (C=N–C) groups is 1. The van der Waals surface area contributed by atoms with Crippen LogP contribution in [0.4, 0.5) is 4.39 Å². The maximum Gasteiger partial charge on any atom is 0.192 e.